The maximum atomic E-state index is 10.8. The van der Waals surface area contributed by atoms with Crippen LogP contribution in [0.3, 0.4) is 0 Å². The Morgan fingerprint density at radius 1 is 1.12 bits per heavy atom. The Kier molecular flexibility index (Phi) is 5.10. The molecular formula is C12H15ClO4. The van der Waals surface area contributed by atoms with Gasteiger partial charge >= 0.3 is 0 Å². The molecule has 0 aliphatic heterocycles. The van der Waals surface area contributed by atoms with Gasteiger partial charge in [0, 0.05) is 6.42 Å². The van der Waals surface area contributed by atoms with Crippen LogP contribution in [0.2, 0.25) is 0 Å². The molecule has 1 aromatic carbocycles. The normalized spacial score (nSPS) is 9.88. The SMILES string of the molecule is COc1ccc(CCC(=O)Cl)c(OC)c1OC. The minimum atomic E-state index is -0.373. The van der Waals surface area contributed by atoms with E-state index in [1.165, 1.54) is 7.11 Å². The molecule has 5 heteroatoms. The van der Waals surface area contributed by atoms with Crippen LogP contribution in [0.5, 0.6) is 17.2 Å². The lowest BCUT2D eigenvalue weighted by molar-refractivity contribution is -0.111. The van der Waals surface area contributed by atoms with E-state index < -0.39 is 0 Å². The second-order valence-electron chi connectivity index (χ2n) is 3.35. The van der Waals surface area contributed by atoms with Crippen LogP contribution >= 0.6 is 11.6 Å². The average Bonchev–Trinajstić information content (AvgIpc) is 2.34. The maximum absolute atomic E-state index is 10.8. The predicted octanol–water partition coefficient (Wildman–Crippen LogP) is 2.41. The fourth-order valence-electron chi connectivity index (χ4n) is 1.59. The molecule has 1 aromatic rings. The molecule has 0 bridgehead atoms. The maximum Gasteiger partial charge on any atom is 0.221 e. The highest BCUT2D eigenvalue weighted by atomic mass is 35.5. The summed E-state index contributed by atoms with van der Waals surface area (Å²) in [6.45, 7) is 0. The molecule has 0 heterocycles. The first-order valence-electron chi connectivity index (χ1n) is 5.10. The highest BCUT2D eigenvalue weighted by Crippen LogP contribution is 2.40. The molecular weight excluding hydrogens is 244 g/mol. The van der Waals surface area contributed by atoms with Crippen molar-refractivity contribution in [3.63, 3.8) is 0 Å². The van der Waals surface area contributed by atoms with E-state index in [-0.39, 0.29) is 11.7 Å². The first-order valence-corrected chi connectivity index (χ1v) is 5.48. The Labute approximate surface area is 105 Å². The molecule has 1 rings (SSSR count). The molecule has 17 heavy (non-hydrogen) atoms. The average molecular weight is 259 g/mol. The summed E-state index contributed by atoms with van der Waals surface area (Å²) in [5.74, 6) is 1.68. The van der Waals surface area contributed by atoms with E-state index in [2.05, 4.69) is 0 Å². The predicted molar refractivity (Wildman–Crippen MR) is 65.3 cm³/mol. The van der Waals surface area contributed by atoms with Crippen LogP contribution in [-0.2, 0) is 11.2 Å². The van der Waals surface area contributed by atoms with E-state index in [9.17, 15) is 4.79 Å². The number of carbonyl (C=O) groups is 1. The molecule has 0 N–H and O–H groups in total. The third kappa shape index (κ3) is 3.27. The minimum Gasteiger partial charge on any atom is -0.493 e. The zero-order valence-corrected chi connectivity index (χ0v) is 10.8. The van der Waals surface area contributed by atoms with Gasteiger partial charge in [0.15, 0.2) is 11.5 Å². The quantitative estimate of drug-likeness (QED) is 0.735. The summed E-state index contributed by atoms with van der Waals surface area (Å²) in [6.07, 6.45) is 0.763. The van der Waals surface area contributed by atoms with Gasteiger partial charge in [-0.15, -0.1) is 0 Å². The summed E-state index contributed by atoms with van der Waals surface area (Å²) < 4.78 is 15.7. The molecule has 4 nitrogen and oxygen atoms in total. The first-order chi connectivity index (χ1) is 8.13. The summed E-state index contributed by atoms with van der Waals surface area (Å²) in [4.78, 5) is 10.8. The molecule has 0 spiro atoms. The Balaban J connectivity index is 3.09. The number of hydrogen-bond acceptors (Lipinski definition) is 4. The number of halogens is 1. The first kappa shape index (κ1) is 13.6. The van der Waals surface area contributed by atoms with Crippen molar-refractivity contribution in [1.82, 2.24) is 0 Å². The smallest absolute Gasteiger partial charge is 0.221 e. The number of rotatable bonds is 6. The summed E-state index contributed by atoms with van der Waals surface area (Å²) in [6, 6.07) is 3.61. The van der Waals surface area contributed by atoms with Crippen LogP contribution in [-0.4, -0.2) is 26.6 Å². The van der Waals surface area contributed by atoms with Crippen LogP contribution in [0.1, 0.15) is 12.0 Å². The number of methoxy groups -OCH3 is 3. The summed E-state index contributed by atoms with van der Waals surface area (Å²) in [5, 5.41) is -0.373. The van der Waals surface area contributed by atoms with Crippen LogP contribution in [0, 0.1) is 0 Å². The standard InChI is InChI=1S/C12H15ClO4/c1-15-9-6-4-8(5-7-10(13)14)11(16-2)12(9)17-3/h4,6H,5,7H2,1-3H3. The van der Waals surface area contributed by atoms with Crippen molar-refractivity contribution in [1.29, 1.82) is 0 Å². The molecule has 0 saturated carbocycles. The lowest BCUT2D eigenvalue weighted by atomic mass is 10.1. The number of carbonyl (C=O) groups excluding carboxylic acids is 1. The monoisotopic (exact) mass is 258 g/mol. The summed E-state index contributed by atoms with van der Waals surface area (Å²) in [7, 11) is 4.64. The van der Waals surface area contributed by atoms with E-state index in [4.69, 9.17) is 25.8 Å². The molecule has 0 radical (unpaired) electrons. The van der Waals surface area contributed by atoms with Crippen molar-refractivity contribution in [2.45, 2.75) is 12.8 Å². The van der Waals surface area contributed by atoms with E-state index in [1.54, 1.807) is 20.3 Å². The van der Waals surface area contributed by atoms with Gasteiger partial charge in [0.05, 0.1) is 21.3 Å². The molecule has 94 valence electrons. The molecule has 0 unspecified atom stereocenters. The highest BCUT2D eigenvalue weighted by Gasteiger charge is 2.15. The molecule has 0 aliphatic carbocycles. The van der Waals surface area contributed by atoms with Gasteiger partial charge in [0.2, 0.25) is 11.0 Å². The third-order valence-electron chi connectivity index (χ3n) is 2.38. The number of benzene rings is 1. The lowest BCUT2D eigenvalue weighted by Gasteiger charge is -2.15. The van der Waals surface area contributed by atoms with Crippen LogP contribution in [0.25, 0.3) is 0 Å². The van der Waals surface area contributed by atoms with Crippen LogP contribution in [0.4, 0.5) is 0 Å². The Morgan fingerprint density at radius 3 is 2.24 bits per heavy atom. The van der Waals surface area contributed by atoms with Crippen LogP contribution in [0.15, 0.2) is 12.1 Å². The molecule has 0 atom stereocenters. The van der Waals surface area contributed by atoms with Crippen molar-refractivity contribution in [2.24, 2.45) is 0 Å². The fourth-order valence-corrected chi connectivity index (χ4v) is 1.69. The Hall–Kier alpha value is -1.42. The topological polar surface area (TPSA) is 44.8 Å². The van der Waals surface area contributed by atoms with Gasteiger partial charge in [-0.05, 0) is 29.7 Å². The molecule has 0 fully saturated rings. The van der Waals surface area contributed by atoms with Crippen molar-refractivity contribution >= 4 is 16.8 Å². The molecule has 0 saturated heterocycles. The van der Waals surface area contributed by atoms with Crippen molar-refractivity contribution in [2.75, 3.05) is 21.3 Å². The lowest BCUT2D eigenvalue weighted by Crippen LogP contribution is -2.00. The van der Waals surface area contributed by atoms with Crippen molar-refractivity contribution in [3.8, 4) is 17.2 Å². The summed E-state index contributed by atoms with van der Waals surface area (Å²) >= 11 is 5.32. The van der Waals surface area contributed by atoms with Gasteiger partial charge in [-0.1, -0.05) is 6.07 Å². The second kappa shape index (κ2) is 6.35. The van der Waals surface area contributed by atoms with Gasteiger partial charge in [-0.3, -0.25) is 4.79 Å². The Morgan fingerprint density at radius 2 is 1.76 bits per heavy atom. The van der Waals surface area contributed by atoms with Gasteiger partial charge in [0.25, 0.3) is 0 Å². The van der Waals surface area contributed by atoms with Gasteiger partial charge < -0.3 is 14.2 Å². The van der Waals surface area contributed by atoms with Crippen LogP contribution < -0.4 is 14.2 Å². The molecule has 0 aromatic heterocycles. The largest absolute Gasteiger partial charge is 0.493 e. The van der Waals surface area contributed by atoms with E-state index in [0.717, 1.165) is 5.56 Å². The summed E-state index contributed by atoms with van der Waals surface area (Å²) in [5.41, 5.74) is 0.860. The van der Waals surface area contributed by atoms with E-state index in [1.807, 2.05) is 6.07 Å². The second-order valence-corrected chi connectivity index (χ2v) is 3.77. The minimum absolute atomic E-state index is 0.257. The number of aryl methyl sites for hydroxylation is 1. The zero-order valence-electron chi connectivity index (χ0n) is 10.1. The van der Waals surface area contributed by atoms with Gasteiger partial charge in [0.1, 0.15) is 0 Å². The van der Waals surface area contributed by atoms with Crippen molar-refractivity contribution in [3.05, 3.63) is 17.7 Å². The number of ether oxygens (including phenoxy) is 3. The van der Waals surface area contributed by atoms with Crippen molar-refractivity contribution < 1.29 is 19.0 Å². The van der Waals surface area contributed by atoms with Gasteiger partial charge in [-0.2, -0.15) is 0 Å². The van der Waals surface area contributed by atoms with E-state index in [0.29, 0.717) is 23.7 Å². The van der Waals surface area contributed by atoms with E-state index >= 15 is 0 Å². The zero-order chi connectivity index (χ0) is 12.8. The molecule has 0 aliphatic rings. The third-order valence-corrected chi connectivity index (χ3v) is 2.57. The molecule has 0 amide bonds. The fraction of sp³-hybridized carbons (Fsp3) is 0.417. The van der Waals surface area contributed by atoms with Gasteiger partial charge in [-0.25, -0.2) is 0 Å². The number of hydrogen-bond donors (Lipinski definition) is 0. The highest BCUT2D eigenvalue weighted by molar-refractivity contribution is 6.63. The Bertz CT molecular complexity index is 404.